The molecule has 4 rings (SSSR count). The maximum atomic E-state index is 14.2. The lowest BCUT2D eigenvalue weighted by atomic mass is 9.89. The SMILES string of the molecule is C=CC(=O)N1Cc2ccccc2SC(c2ccccc2)(c2cccc(F)c2)C1. The summed E-state index contributed by atoms with van der Waals surface area (Å²) in [4.78, 5) is 15.6. The van der Waals surface area contributed by atoms with Gasteiger partial charge in [-0.25, -0.2) is 4.39 Å². The monoisotopic (exact) mass is 389 g/mol. The predicted molar refractivity (Wildman–Crippen MR) is 112 cm³/mol. The Morgan fingerprint density at radius 2 is 1.71 bits per heavy atom. The van der Waals surface area contributed by atoms with Crippen molar-refractivity contribution in [3.8, 4) is 0 Å². The van der Waals surface area contributed by atoms with Gasteiger partial charge in [0.15, 0.2) is 0 Å². The summed E-state index contributed by atoms with van der Waals surface area (Å²) < 4.78 is 13.6. The molecule has 0 aromatic heterocycles. The quantitative estimate of drug-likeness (QED) is 0.560. The van der Waals surface area contributed by atoms with E-state index in [9.17, 15) is 9.18 Å². The normalized spacial score (nSPS) is 18.8. The van der Waals surface area contributed by atoms with E-state index >= 15 is 0 Å². The van der Waals surface area contributed by atoms with E-state index in [2.05, 4.69) is 12.6 Å². The van der Waals surface area contributed by atoms with Gasteiger partial charge in [-0.15, -0.1) is 11.8 Å². The number of carbonyl (C=O) groups is 1. The van der Waals surface area contributed by atoms with Crippen LogP contribution in [0.15, 0.2) is 96.4 Å². The molecule has 0 fully saturated rings. The van der Waals surface area contributed by atoms with Crippen molar-refractivity contribution in [3.63, 3.8) is 0 Å². The molecule has 4 heteroatoms. The summed E-state index contributed by atoms with van der Waals surface area (Å²) >= 11 is 1.68. The molecule has 140 valence electrons. The van der Waals surface area contributed by atoms with Gasteiger partial charge >= 0.3 is 0 Å². The third-order valence-electron chi connectivity index (χ3n) is 5.05. The maximum absolute atomic E-state index is 14.2. The van der Waals surface area contributed by atoms with Crippen LogP contribution in [0.25, 0.3) is 0 Å². The van der Waals surface area contributed by atoms with E-state index in [1.807, 2.05) is 54.6 Å². The smallest absolute Gasteiger partial charge is 0.246 e. The summed E-state index contributed by atoms with van der Waals surface area (Å²) in [5.41, 5.74) is 2.95. The van der Waals surface area contributed by atoms with E-state index in [0.717, 1.165) is 21.6 Å². The molecular formula is C24H20FNOS. The summed E-state index contributed by atoms with van der Waals surface area (Å²) in [5, 5.41) is 0. The second kappa shape index (κ2) is 7.64. The van der Waals surface area contributed by atoms with Crippen molar-refractivity contribution in [3.05, 3.63) is 114 Å². The second-order valence-electron chi connectivity index (χ2n) is 6.81. The molecule has 0 bridgehead atoms. The number of nitrogens with zero attached hydrogens (tertiary/aromatic N) is 1. The lowest BCUT2D eigenvalue weighted by molar-refractivity contribution is -0.126. The fourth-order valence-electron chi connectivity index (χ4n) is 3.68. The third-order valence-corrected chi connectivity index (χ3v) is 6.62. The van der Waals surface area contributed by atoms with Crippen molar-refractivity contribution in [2.24, 2.45) is 0 Å². The standard InChI is InChI=1S/C24H20FNOS/c1-2-23(27)26-16-18-9-6-7-14-22(18)28-24(17-26,19-10-4-3-5-11-19)20-12-8-13-21(25)15-20/h2-15H,1,16-17H2. The molecule has 0 radical (unpaired) electrons. The largest absolute Gasteiger partial charge is 0.333 e. The number of rotatable bonds is 3. The third kappa shape index (κ3) is 3.36. The van der Waals surface area contributed by atoms with Gasteiger partial charge < -0.3 is 4.90 Å². The minimum Gasteiger partial charge on any atom is -0.333 e. The van der Waals surface area contributed by atoms with Crippen molar-refractivity contribution < 1.29 is 9.18 Å². The summed E-state index contributed by atoms with van der Waals surface area (Å²) in [7, 11) is 0. The van der Waals surface area contributed by atoms with Gasteiger partial charge in [0.2, 0.25) is 5.91 Å². The lowest BCUT2D eigenvalue weighted by Crippen LogP contribution is -2.40. The van der Waals surface area contributed by atoms with E-state index in [1.54, 1.807) is 28.8 Å². The molecule has 1 atom stereocenters. The zero-order valence-corrected chi connectivity index (χ0v) is 16.2. The topological polar surface area (TPSA) is 20.3 Å². The molecule has 0 N–H and O–H groups in total. The van der Waals surface area contributed by atoms with Gasteiger partial charge in [0.05, 0.1) is 4.75 Å². The fraction of sp³-hybridized carbons (Fsp3) is 0.125. The average Bonchev–Trinajstić information content (AvgIpc) is 2.92. The molecule has 0 aliphatic carbocycles. The molecular weight excluding hydrogens is 369 g/mol. The van der Waals surface area contributed by atoms with E-state index in [0.29, 0.717) is 13.1 Å². The first kappa shape index (κ1) is 18.5. The van der Waals surface area contributed by atoms with Gasteiger partial charge in [0.25, 0.3) is 0 Å². The Morgan fingerprint density at radius 3 is 2.46 bits per heavy atom. The van der Waals surface area contributed by atoms with Gasteiger partial charge in [-0.3, -0.25) is 4.79 Å². The molecule has 0 saturated heterocycles. The van der Waals surface area contributed by atoms with Crippen LogP contribution < -0.4 is 0 Å². The molecule has 1 amide bonds. The van der Waals surface area contributed by atoms with Crippen LogP contribution in [0.5, 0.6) is 0 Å². The summed E-state index contributed by atoms with van der Waals surface area (Å²) in [6.07, 6.45) is 1.35. The zero-order chi connectivity index (χ0) is 19.6. The highest BCUT2D eigenvalue weighted by Crippen LogP contribution is 2.50. The number of fused-ring (bicyclic) bond motifs is 1. The highest BCUT2D eigenvalue weighted by molar-refractivity contribution is 8.00. The average molecular weight is 389 g/mol. The minimum atomic E-state index is -0.630. The van der Waals surface area contributed by atoms with Crippen LogP contribution in [0, 0.1) is 5.82 Å². The highest BCUT2D eigenvalue weighted by atomic mass is 32.2. The van der Waals surface area contributed by atoms with Crippen LogP contribution in [0.4, 0.5) is 4.39 Å². The first-order valence-corrected chi connectivity index (χ1v) is 9.94. The number of hydrogen-bond acceptors (Lipinski definition) is 2. The van der Waals surface area contributed by atoms with E-state index < -0.39 is 4.75 Å². The molecule has 0 spiro atoms. The van der Waals surface area contributed by atoms with Gasteiger partial charge in [0.1, 0.15) is 5.82 Å². The Labute approximate surface area is 168 Å². The first-order valence-electron chi connectivity index (χ1n) is 9.12. The number of hydrogen-bond donors (Lipinski definition) is 0. The minimum absolute atomic E-state index is 0.131. The summed E-state index contributed by atoms with van der Waals surface area (Å²) in [6, 6.07) is 24.8. The van der Waals surface area contributed by atoms with Crippen molar-refractivity contribution in [1.29, 1.82) is 0 Å². The van der Waals surface area contributed by atoms with E-state index in [4.69, 9.17) is 0 Å². The lowest BCUT2D eigenvalue weighted by Gasteiger charge is -2.36. The van der Waals surface area contributed by atoms with Gasteiger partial charge in [-0.2, -0.15) is 0 Å². The van der Waals surface area contributed by atoms with Crippen LogP contribution in [0.3, 0.4) is 0 Å². The molecule has 3 aromatic carbocycles. The van der Waals surface area contributed by atoms with Gasteiger partial charge in [-0.05, 0) is 41.0 Å². The number of benzene rings is 3. The first-order chi connectivity index (χ1) is 13.6. The predicted octanol–water partition coefficient (Wildman–Crippen LogP) is 5.39. The second-order valence-corrected chi connectivity index (χ2v) is 8.15. The number of halogens is 1. The summed E-state index contributed by atoms with van der Waals surface area (Å²) in [5.74, 6) is -0.415. The van der Waals surface area contributed by atoms with Crippen molar-refractivity contribution in [2.45, 2.75) is 16.2 Å². The van der Waals surface area contributed by atoms with Gasteiger partial charge in [0, 0.05) is 18.0 Å². The van der Waals surface area contributed by atoms with Crippen molar-refractivity contribution in [2.75, 3.05) is 6.54 Å². The molecule has 0 saturated carbocycles. The van der Waals surface area contributed by atoms with Crippen LogP contribution in [0.1, 0.15) is 16.7 Å². The van der Waals surface area contributed by atoms with Crippen LogP contribution in [-0.2, 0) is 16.1 Å². The Bertz CT molecular complexity index is 1020. The molecule has 3 aromatic rings. The van der Waals surface area contributed by atoms with Gasteiger partial charge in [-0.1, -0.05) is 67.2 Å². The van der Waals surface area contributed by atoms with Crippen LogP contribution >= 0.6 is 11.8 Å². The van der Waals surface area contributed by atoms with Crippen LogP contribution in [0.2, 0.25) is 0 Å². The zero-order valence-electron chi connectivity index (χ0n) is 15.3. The van der Waals surface area contributed by atoms with Crippen molar-refractivity contribution >= 4 is 17.7 Å². The number of thioether (sulfide) groups is 1. The summed E-state index contributed by atoms with van der Waals surface area (Å²) in [6.45, 7) is 4.59. The van der Waals surface area contributed by atoms with E-state index in [-0.39, 0.29) is 11.7 Å². The fourth-order valence-corrected chi connectivity index (χ4v) is 5.19. The Morgan fingerprint density at radius 1 is 1.00 bits per heavy atom. The Balaban J connectivity index is 1.98. The van der Waals surface area contributed by atoms with E-state index in [1.165, 1.54) is 12.1 Å². The molecule has 1 aliphatic rings. The molecule has 28 heavy (non-hydrogen) atoms. The Kier molecular flexibility index (Phi) is 5.05. The molecule has 2 nitrogen and oxygen atoms in total. The molecule has 1 heterocycles. The molecule has 1 unspecified atom stereocenters. The number of amides is 1. The Hall–Kier alpha value is -2.85. The maximum Gasteiger partial charge on any atom is 0.246 e. The van der Waals surface area contributed by atoms with Crippen molar-refractivity contribution in [1.82, 2.24) is 4.90 Å². The van der Waals surface area contributed by atoms with Crippen LogP contribution in [-0.4, -0.2) is 17.4 Å². The highest BCUT2D eigenvalue weighted by Gasteiger charge is 2.41. The molecule has 1 aliphatic heterocycles. The number of carbonyl (C=O) groups excluding carboxylic acids is 1.